The molecular weight excluding hydrogens is 370 g/mol. The number of aromatic hydroxyl groups is 1. The van der Waals surface area contributed by atoms with Crippen molar-refractivity contribution in [3.63, 3.8) is 0 Å². The number of fused-ring (bicyclic) bond motifs is 1. The Balaban J connectivity index is 1.73. The van der Waals surface area contributed by atoms with Crippen LogP contribution < -0.4 is 19.1 Å². The van der Waals surface area contributed by atoms with E-state index < -0.39 is 0 Å². The number of phenols is 1. The molecule has 2 aliphatic rings. The van der Waals surface area contributed by atoms with Gasteiger partial charge in [0.25, 0.3) is 0 Å². The Kier molecular flexibility index (Phi) is 5.20. The van der Waals surface area contributed by atoms with Gasteiger partial charge in [-0.15, -0.1) is 0 Å². The fourth-order valence-electron chi connectivity index (χ4n) is 4.13. The van der Waals surface area contributed by atoms with Gasteiger partial charge in [0.15, 0.2) is 11.5 Å². The van der Waals surface area contributed by atoms with E-state index in [1.54, 1.807) is 38.5 Å². The van der Waals surface area contributed by atoms with E-state index in [0.717, 1.165) is 18.7 Å². The number of aryl methyl sites for hydroxylation is 1. The van der Waals surface area contributed by atoms with Gasteiger partial charge >= 0.3 is 0 Å². The fraction of sp³-hybridized carbons (Fsp3) is 0.348. The summed E-state index contributed by atoms with van der Waals surface area (Å²) in [5.41, 5.74) is 2.68. The molecule has 0 bridgehead atoms. The molecule has 0 saturated carbocycles. The molecule has 0 atom stereocenters. The molecular formula is C23H26NO5+. The van der Waals surface area contributed by atoms with Crippen LogP contribution in [0.25, 0.3) is 6.08 Å². The maximum atomic E-state index is 13.1. The van der Waals surface area contributed by atoms with E-state index in [9.17, 15) is 9.90 Å². The minimum atomic E-state index is -0.173. The van der Waals surface area contributed by atoms with Crippen LogP contribution in [0.3, 0.4) is 0 Å². The van der Waals surface area contributed by atoms with Gasteiger partial charge in [0, 0.05) is 24.5 Å². The number of carbonyl (C=O) groups excluding carboxylic acids is 1. The number of allylic oxidation sites excluding steroid dienone is 1. The van der Waals surface area contributed by atoms with Gasteiger partial charge in [-0.1, -0.05) is 0 Å². The first kappa shape index (κ1) is 19.3. The van der Waals surface area contributed by atoms with Crippen molar-refractivity contribution >= 4 is 11.9 Å². The molecule has 2 heterocycles. The normalized spacial score (nSPS) is 17.5. The lowest BCUT2D eigenvalue weighted by Crippen LogP contribution is -3.08. The monoisotopic (exact) mass is 396 g/mol. The Bertz CT molecular complexity index is 989. The molecule has 2 N–H and O–H groups in total. The van der Waals surface area contributed by atoms with Crippen LogP contribution in [-0.4, -0.2) is 38.2 Å². The van der Waals surface area contributed by atoms with E-state index in [4.69, 9.17) is 14.2 Å². The highest BCUT2D eigenvalue weighted by molar-refractivity contribution is 6.16. The number of nitrogens with one attached hydrogen (secondary N) is 1. The minimum Gasteiger partial charge on any atom is -0.507 e. The van der Waals surface area contributed by atoms with Crippen molar-refractivity contribution in [2.45, 2.75) is 26.3 Å². The highest BCUT2D eigenvalue weighted by atomic mass is 16.5. The quantitative estimate of drug-likeness (QED) is 0.760. The number of hydrogen-bond acceptors (Lipinski definition) is 5. The third-order valence-electron chi connectivity index (χ3n) is 5.69. The summed E-state index contributed by atoms with van der Waals surface area (Å²) in [5, 5.41) is 10.6. The molecule has 0 radical (unpaired) electrons. The summed E-state index contributed by atoms with van der Waals surface area (Å²) in [6, 6.07) is 7.06. The molecule has 0 aromatic heterocycles. The molecule has 1 saturated heterocycles. The number of methoxy groups -OCH3 is 2. The van der Waals surface area contributed by atoms with E-state index in [2.05, 4.69) is 0 Å². The number of ketones is 1. The summed E-state index contributed by atoms with van der Waals surface area (Å²) in [4.78, 5) is 14.5. The summed E-state index contributed by atoms with van der Waals surface area (Å²) < 4.78 is 16.7. The van der Waals surface area contributed by atoms with Gasteiger partial charge in [-0.3, -0.25) is 4.79 Å². The number of Topliss-reactive ketones (excluding diaryl/α,β-unsaturated/α-hetero) is 1. The summed E-state index contributed by atoms with van der Waals surface area (Å²) in [6.07, 6.45) is 4.06. The van der Waals surface area contributed by atoms with Crippen molar-refractivity contribution in [1.29, 1.82) is 0 Å². The summed E-state index contributed by atoms with van der Waals surface area (Å²) in [6.45, 7) is 4.62. The van der Waals surface area contributed by atoms with Crippen LogP contribution in [0.2, 0.25) is 0 Å². The van der Waals surface area contributed by atoms with Crippen molar-refractivity contribution in [3.8, 4) is 23.0 Å². The molecule has 1 fully saturated rings. The van der Waals surface area contributed by atoms with Crippen molar-refractivity contribution < 1.29 is 29.0 Å². The molecule has 6 heteroatoms. The molecule has 6 nitrogen and oxygen atoms in total. The Morgan fingerprint density at radius 1 is 1.17 bits per heavy atom. The maximum Gasteiger partial charge on any atom is 0.232 e. The molecule has 2 aromatic rings. The lowest BCUT2D eigenvalue weighted by molar-refractivity contribution is -0.901. The Labute approximate surface area is 170 Å². The van der Waals surface area contributed by atoms with Crippen LogP contribution in [0.4, 0.5) is 0 Å². The largest absolute Gasteiger partial charge is 0.507 e. The molecule has 2 aromatic carbocycles. The molecule has 0 spiro atoms. The smallest absolute Gasteiger partial charge is 0.232 e. The topological polar surface area (TPSA) is 69.4 Å². The fourth-order valence-corrected chi connectivity index (χ4v) is 4.13. The van der Waals surface area contributed by atoms with Crippen molar-refractivity contribution in [2.75, 3.05) is 27.3 Å². The van der Waals surface area contributed by atoms with Crippen molar-refractivity contribution in [3.05, 3.63) is 52.3 Å². The lowest BCUT2D eigenvalue weighted by atomic mass is 9.99. The molecule has 4 rings (SSSR count). The highest BCUT2D eigenvalue weighted by Gasteiger charge is 2.35. The van der Waals surface area contributed by atoms with E-state index in [1.165, 1.54) is 17.7 Å². The molecule has 0 unspecified atom stereocenters. The van der Waals surface area contributed by atoms with E-state index in [0.29, 0.717) is 40.5 Å². The van der Waals surface area contributed by atoms with E-state index in [-0.39, 0.29) is 17.3 Å². The van der Waals surface area contributed by atoms with Gasteiger partial charge < -0.3 is 24.2 Å². The number of phenolic OH excluding ortho intramolecular Hbond substituents is 1. The Hall–Kier alpha value is -2.99. The minimum absolute atomic E-state index is 0.173. The predicted octanol–water partition coefficient (Wildman–Crippen LogP) is 2.51. The zero-order valence-corrected chi connectivity index (χ0v) is 17.0. The molecule has 0 amide bonds. The first-order valence-corrected chi connectivity index (χ1v) is 9.87. The number of benzene rings is 2. The van der Waals surface area contributed by atoms with Gasteiger partial charge in [-0.2, -0.15) is 0 Å². The van der Waals surface area contributed by atoms with Crippen LogP contribution in [0, 0.1) is 6.92 Å². The first-order valence-electron chi connectivity index (χ1n) is 9.87. The number of likely N-dealkylation sites (tertiary alicyclic amines) is 1. The average Bonchev–Trinajstić information content (AvgIpc) is 3.34. The van der Waals surface area contributed by atoms with Gasteiger partial charge in [-0.25, -0.2) is 0 Å². The summed E-state index contributed by atoms with van der Waals surface area (Å²) >= 11 is 0. The number of ether oxygens (including phenoxy) is 3. The Morgan fingerprint density at radius 2 is 1.93 bits per heavy atom. The van der Waals surface area contributed by atoms with Crippen LogP contribution in [-0.2, 0) is 6.54 Å². The number of hydrogen-bond donors (Lipinski definition) is 2. The van der Waals surface area contributed by atoms with Crippen molar-refractivity contribution in [1.82, 2.24) is 0 Å². The van der Waals surface area contributed by atoms with Crippen LogP contribution in [0.1, 0.15) is 39.9 Å². The van der Waals surface area contributed by atoms with Crippen LogP contribution in [0.15, 0.2) is 30.0 Å². The predicted molar refractivity (Wildman–Crippen MR) is 109 cm³/mol. The molecule has 0 aliphatic carbocycles. The third-order valence-corrected chi connectivity index (χ3v) is 5.69. The van der Waals surface area contributed by atoms with Gasteiger partial charge in [0.1, 0.15) is 23.8 Å². The standard InChI is InChI=1S/C23H25NO5/c1-14-10-18(25)17(13-24-8-4-5-9-24)23-21(14)22(26)20(29-23)11-15-6-7-16(27-2)12-19(15)28-3/h6-7,10-12,25H,4-5,8-9,13H2,1-3H3/p+1/b20-11-. The lowest BCUT2D eigenvalue weighted by Gasteiger charge is -2.16. The molecule has 2 aliphatic heterocycles. The second kappa shape index (κ2) is 7.79. The summed E-state index contributed by atoms with van der Waals surface area (Å²) in [7, 11) is 3.16. The maximum absolute atomic E-state index is 13.1. The van der Waals surface area contributed by atoms with Crippen LogP contribution >= 0.6 is 0 Å². The van der Waals surface area contributed by atoms with Gasteiger partial charge in [0.05, 0.1) is 38.4 Å². The van der Waals surface area contributed by atoms with Gasteiger partial charge in [-0.05, 0) is 36.8 Å². The number of rotatable bonds is 5. The van der Waals surface area contributed by atoms with Crippen molar-refractivity contribution in [2.24, 2.45) is 0 Å². The zero-order valence-electron chi connectivity index (χ0n) is 17.0. The first-order chi connectivity index (χ1) is 14.0. The van der Waals surface area contributed by atoms with E-state index in [1.807, 2.05) is 13.0 Å². The zero-order chi connectivity index (χ0) is 20.5. The number of quaternary nitrogens is 1. The van der Waals surface area contributed by atoms with Gasteiger partial charge in [0.2, 0.25) is 5.78 Å². The number of carbonyl (C=O) groups is 1. The molecule has 152 valence electrons. The van der Waals surface area contributed by atoms with E-state index >= 15 is 0 Å². The SMILES string of the molecule is COc1ccc(/C=C2\Oc3c(C[NH+]4CCCC4)c(O)cc(C)c3C2=O)c(OC)c1. The second-order valence-electron chi connectivity index (χ2n) is 7.58. The molecule has 29 heavy (non-hydrogen) atoms. The summed E-state index contributed by atoms with van der Waals surface area (Å²) in [5.74, 6) is 2.00. The Morgan fingerprint density at radius 3 is 2.62 bits per heavy atom. The average molecular weight is 396 g/mol. The second-order valence-corrected chi connectivity index (χ2v) is 7.58. The third kappa shape index (κ3) is 3.56. The highest BCUT2D eigenvalue weighted by Crippen LogP contribution is 2.42. The van der Waals surface area contributed by atoms with Crippen LogP contribution in [0.5, 0.6) is 23.0 Å².